The van der Waals surface area contributed by atoms with Gasteiger partial charge in [-0.05, 0) is 50.4 Å². The van der Waals surface area contributed by atoms with E-state index in [0.29, 0.717) is 6.04 Å². The molecule has 2 unspecified atom stereocenters. The molecule has 1 fully saturated rings. The van der Waals surface area contributed by atoms with Crippen LogP contribution in [0.25, 0.3) is 0 Å². The summed E-state index contributed by atoms with van der Waals surface area (Å²) < 4.78 is 0. The Hall–Kier alpha value is 0.270. The lowest BCUT2D eigenvalue weighted by molar-refractivity contribution is 0.371. The lowest BCUT2D eigenvalue weighted by atomic mass is 9.97. The maximum absolute atomic E-state index is 5.86. The summed E-state index contributed by atoms with van der Waals surface area (Å²) in [5.74, 6) is 3.35. The molecule has 0 bridgehead atoms. The summed E-state index contributed by atoms with van der Waals surface area (Å²) in [5, 5.41) is 3.46. The smallest absolute Gasteiger partial charge is 0.0127 e. The van der Waals surface area contributed by atoms with Crippen LogP contribution >= 0.6 is 11.8 Å². The second kappa shape index (κ2) is 7.55. The van der Waals surface area contributed by atoms with Gasteiger partial charge in [0, 0.05) is 11.8 Å². The van der Waals surface area contributed by atoms with E-state index in [1.165, 1.54) is 38.1 Å². The fourth-order valence-corrected chi connectivity index (χ4v) is 2.98. The van der Waals surface area contributed by atoms with Crippen molar-refractivity contribution in [3.63, 3.8) is 0 Å². The van der Waals surface area contributed by atoms with Gasteiger partial charge in [-0.25, -0.2) is 0 Å². The van der Waals surface area contributed by atoms with Crippen LogP contribution in [0, 0.1) is 5.92 Å². The van der Waals surface area contributed by atoms with Gasteiger partial charge in [0.15, 0.2) is 0 Å². The molecule has 3 N–H and O–H groups in total. The zero-order valence-electron chi connectivity index (χ0n) is 9.30. The standard InChI is InChI=1S/C11H24N2S/c1-2-11(12)9-14-7-5-10-4-3-6-13-8-10/h10-11,13H,2-9,12H2,1H3. The van der Waals surface area contributed by atoms with Crippen LogP contribution in [0.5, 0.6) is 0 Å². The van der Waals surface area contributed by atoms with Gasteiger partial charge in [0.2, 0.25) is 0 Å². The zero-order valence-corrected chi connectivity index (χ0v) is 10.1. The minimum atomic E-state index is 0.407. The van der Waals surface area contributed by atoms with E-state index in [1.807, 2.05) is 11.8 Å². The number of thioether (sulfide) groups is 1. The summed E-state index contributed by atoms with van der Waals surface area (Å²) in [6.45, 7) is 4.63. The van der Waals surface area contributed by atoms with E-state index < -0.39 is 0 Å². The quantitative estimate of drug-likeness (QED) is 0.666. The molecule has 1 rings (SSSR count). The third kappa shape index (κ3) is 5.23. The molecule has 1 saturated heterocycles. The summed E-state index contributed by atoms with van der Waals surface area (Å²) in [4.78, 5) is 0. The summed E-state index contributed by atoms with van der Waals surface area (Å²) in [6.07, 6.45) is 5.27. The Morgan fingerprint density at radius 2 is 2.43 bits per heavy atom. The molecule has 0 aliphatic carbocycles. The zero-order chi connectivity index (χ0) is 10.2. The first kappa shape index (κ1) is 12.3. The Morgan fingerprint density at radius 1 is 1.57 bits per heavy atom. The molecule has 0 amide bonds. The fourth-order valence-electron chi connectivity index (χ4n) is 1.77. The normalized spacial score (nSPS) is 24.9. The van der Waals surface area contributed by atoms with Crippen LogP contribution in [0.15, 0.2) is 0 Å². The van der Waals surface area contributed by atoms with Gasteiger partial charge >= 0.3 is 0 Å². The molecule has 2 nitrogen and oxygen atoms in total. The maximum Gasteiger partial charge on any atom is 0.0127 e. The molecule has 3 heteroatoms. The Labute approximate surface area is 92.4 Å². The molecule has 1 heterocycles. The highest BCUT2D eigenvalue weighted by atomic mass is 32.2. The average molecular weight is 216 g/mol. The van der Waals surface area contributed by atoms with Crippen LogP contribution in [-0.4, -0.2) is 30.6 Å². The summed E-state index contributed by atoms with van der Waals surface area (Å²) in [7, 11) is 0. The van der Waals surface area contributed by atoms with Crippen LogP contribution in [0.4, 0.5) is 0 Å². The SMILES string of the molecule is CCC(N)CSCCC1CCCNC1. The van der Waals surface area contributed by atoms with E-state index in [2.05, 4.69) is 12.2 Å². The van der Waals surface area contributed by atoms with Crippen LogP contribution in [-0.2, 0) is 0 Å². The first-order chi connectivity index (χ1) is 6.83. The number of rotatable bonds is 6. The Morgan fingerprint density at radius 3 is 3.07 bits per heavy atom. The van der Waals surface area contributed by atoms with Gasteiger partial charge in [-0.2, -0.15) is 11.8 Å². The first-order valence-electron chi connectivity index (χ1n) is 5.87. The Balaban J connectivity index is 1.92. The minimum absolute atomic E-state index is 0.407. The average Bonchev–Trinajstić information content (AvgIpc) is 2.25. The molecule has 0 aromatic rings. The Kier molecular flexibility index (Phi) is 6.65. The van der Waals surface area contributed by atoms with Crippen molar-refractivity contribution in [2.24, 2.45) is 11.7 Å². The van der Waals surface area contributed by atoms with Crippen molar-refractivity contribution in [2.75, 3.05) is 24.6 Å². The van der Waals surface area contributed by atoms with Crippen molar-refractivity contribution in [3.8, 4) is 0 Å². The molecule has 0 saturated carbocycles. The third-order valence-electron chi connectivity index (χ3n) is 2.93. The summed E-state index contributed by atoms with van der Waals surface area (Å²) in [6, 6.07) is 0.407. The van der Waals surface area contributed by atoms with Crippen molar-refractivity contribution in [2.45, 2.75) is 38.6 Å². The molecule has 0 radical (unpaired) electrons. The van der Waals surface area contributed by atoms with Crippen molar-refractivity contribution < 1.29 is 0 Å². The molecule has 14 heavy (non-hydrogen) atoms. The second-order valence-electron chi connectivity index (χ2n) is 4.24. The molecule has 0 aromatic heterocycles. The molecule has 2 atom stereocenters. The molecule has 1 aliphatic rings. The third-order valence-corrected chi connectivity index (χ3v) is 4.11. The van der Waals surface area contributed by atoms with E-state index in [0.717, 1.165) is 18.1 Å². The van der Waals surface area contributed by atoms with Gasteiger partial charge in [0.05, 0.1) is 0 Å². The lowest BCUT2D eigenvalue weighted by Crippen LogP contribution is -2.30. The minimum Gasteiger partial charge on any atom is -0.327 e. The first-order valence-corrected chi connectivity index (χ1v) is 7.02. The number of piperidine rings is 1. The van der Waals surface area contributed by atoms with Gasteiger partial charge in [-0.1, -0.05) is 6.92 Å². The highest BCUT2D eigenvalue weighted by Gasteiger charge is 2.12. The number of hydrogen-bond donors (Lipinski definition) is 2. The predicted octanol–water partition coefficient (Wildman–Crippen LogP) is 1.85. The van der Waals surface area contributed by atoms with Crippen molar-refractivity contribution >= 4 is 11.8 Å². The predicted molar refractivity (Wildman–Crippen MR) is 65.8 cm³/mol. The van der Waals surface area contributed by atoms with Gasteiger partial charge < -0.3 is 11.1 Å². The monoisotopic (exact) mass is 216 g/mol. The van der Waals surface area contributed by atoms with Crippen LogP contribution in [0.1, 0.15) is 32.6 Å². The lowest BCUT2D eigenvalue weighted by Gasteiger charge is -2.22. The van der Waals surface area contributed by atoms with E-state index in [-0.39, 0.29) is 0 Å². The van der Waals surface area contributed by atoms with Crippen molar-refractivity contribution in [3.05, 3.63) is 0 Å². The Bertz CT molecular complexity index is 135. The largest absolute Gasteiger partial charge is 0.327 e. The van der Waals surface area contributed by atoms with Crippen LogP contribution in [0.2, 0.25) is 0 Å². The molecule has 1 aliphatic heterocycles. The van der Waals surface area contributed by atoms with Gasteiger partial charge in [-0.3, -0.25) is 0 Å². The molecular formula is C11H24N2S. The van der Waals surface area contributed by atoms with Crippen molar-refractivity contribution in [1.29, 1.82) is 0 Å². The number of nitrogens with one attached hydrogen (secondary N) is 1. The van der Waals surface area contributed by atoms with Crippen molar-refractivity contribution in [1.82, 2.24) is 5.32 Å². The molecular weight excluding hydrogens is 192 g/mol. The summed E-state index contributed by atoms with van der Waals surface area (Å²) >= 11 is 2.03. The van der Waals surface area contributed by atoms with E-state index >= 15 is 0 Å². The molecule has 84 valence electrons. The summed E-state index contributed by atoms with van der Waals surface area (Å²) in [5.41, 5.74) is 5.86. The van der Waals surface area contributed by atoms with E-state index in [9.17, 15) is 0 Å². The van der Waals surface area contributed by atoms with E-state index in [4.69, 9.17) is 5.73 Å². The van der Waals surface area contributed by atoms with Crippen LogP contribution < -0.4 is 11.1 Å². The second-order valence-corrected chi connectivity index (χ2v) is 5.39. The topological polar surface area (TPSA) is 38.0 Å². The number of hydrogen-bond acceptors (Lipinski definition) is 3. The number of nitrogens with two attached hydrogens (primary N) is 1. The maximum atomic E-state index is 5.86. The fraction of sp³-hybridized carbons (Fsp3) is 1.00. The van der Waals surface area contributed by atoms with E-state index in [1.54, 1.807) is 0 Å². The highest BCUT2D eigenvalue weighted by molar-refractivity contribution is 7.99. The highest BCUT2D eigenvalue weighted by Crippen LogP contribution is 2.17. The van der Waals surface area contributed by atoms with Gasteiger partial charge in [0.25, 0.3) is 0 Å². The van der Waals surface area contributed by atoms with Gasteiger partial charge in [0.1, 0.15) is 0 Å². The molecule has 0 aromatic carbocycles. The molecule has 0 spiro atoms. The van der Waals surface area contributed by atoms with Gasteiger partial charge in [-0.15, -0.1) is 0 Å². The van der Waals surface area contributed by atoms with Crippen LogP contribution in [0.3, 0.4) is 0 Å².